The summed E-state index contributed by atoms with van der Waals surface area (Å²) in [5.41, 5.74) is 8.30. The van der Waals surface area contributed by atoms with Gasteiger partial charge in [0.2, 0.25) is 0 Å². The number of ketones is 2. The fourth-order valence-electron chi connectivity index (χ4n) is 3.34. The molecule has 0 radical (unpaired) electrons. The lowest BCUT2D eigenvalue weighted by Gasteiger charge is -2.22. The van der Waals surface area contributed by atoms with Crippen LogP contribution in [-0.4, -0.2) is 21.1 Å². The number of carbonyl (C=O) groups is 2. The molecule has 5 nitrogen and oxygen atoms in total. The molecule has 1 fully saturated rings. The van der Waals surface area contributed by atoms with Gasteiger partial charge in [-0.25, -0.2) is 4.98 Å². The number of anilines is 1. The summed E-state index contributed by atoms with van der Waals surface area (Å²) >= 11 is 0. The number of Topliss-reactive ketones (excluding diaryl/α,β-unsaturated/α-hetero) is 2. The Labute approximate surface area is 126 Å². The van der Waals surface area contributed by atoms with Crippen LogP contribution < -0.4 is 5.73 Å². The molecule has 2 heterocycles. The third kappa shape index (κ3) is 1.82. The monoisotopic (exact) mass is 293 g/mol. The summed E-state index contributed by atoms with van der Waals surface area (Å²) in [6.07, 6.45) is 2.73. The van der Waals surface area contributed by atoms with E-state index in [0.717, 1.165) is 21.9 Å². The van der Waals surface area contributed by atoms with Crippen molar-refractivity contribution in [1.29, 1.82) is 0 Å². The molecular weight excluding hydrogens is 278 g/mol. The largest absolute Gasteiger partial charge is 0.399 e. The molecule has 0 saturated heterocycles. The van der Waals surface area contributed by atoms with Crippen molar-refractivity contribution >= 4 is 39.2 Å². The van der Waals surface area contributed by atoms with Crippen LogP contribution >= 0.6 is 0 Å². The van der Waals surface area contributed by atoms with Gasteiger partial charge < -0.3 is 10.3 Å². The van der Waals surface area contributed by atoms with Crippen molar-refractivity contribution in [3.63, 3.8) is 0 Å². The van der Waals surface area contributed by atoms with E-state index in [4.69, 9.17) is 5.73 Å². The van der Waals surface area contributed by atoms with Crippen molar-refractivity contribution in [1.82, 2.24) is 9.55 Å². The van der Waals surface area contributed by atoms with Crippen molar-refractivity contribution in [2.45, 2.75) is 25.3 Å². The first-order valence-corrected chi connectivity index (χ1v) is 7.34. The summed E-state index contributed by atoms with van der Waals surface area (Å²) in [5.74, 6) is -0.00301. The second-order valence-corrected chi connectivity index (χ2v) is 5.76. The van der Waals surface area contributed by atoms with Crippen LogP contribution in [0.2, 0.25) is 0 Å². The van der Waals surface area contributed by atoms with Crippen molar-refractivity contribution < 1.29 is 9.59 Å². The second-order valence-electron chi connectivity index (χ2n) is 5.76. The maximum atomic E-state index is 12.4. The minimum absolute atomic E-state index is 0.0215. The molecule has 2 aromatic heterocycles. The van der Waals surface area contributed by atoms with Crippen molar-refractivity contribution in [3.05, 3.63) is 36.5 Å². The first-order chi connectivity index (χ1) is 10.6. The molecular formula is C17H15N3O2. The molecule has 3 aromatic rings. The number of carbonyl (C=O) groups excluding carboxylic acids is 2. The Balaban J connectivity index is 2.03. The third-order valence-corrected chi connectivity index (χ3v) is 4.34. The van der Waals surface area contributed by atoms with Crippen LogP contribution in [0.1, 0.15) is 25.3 Å². The first-order valence-electron chi connectivity index (χ1n) is 7.34. The lowest BCUT2D eigenvalue weighted by atomic mass is 9.92. The Morgan fingerprint density at radius 3 is 2.86 bits per heavy atom. The summed E-state index contributed by atoms with van der Waals surface area (Å²) in [6.45, 7) is 0. The molecule has 0 aliphatic heterocycles. The highest BCUT2D eigenvalue weighted by Crippen LogP contribution is 2.35. The van der Waals surface area contributed by atoms with E-state index in [-0.39, 0.29) is 24.0 Å². The van der Waals surface area contributed by atoms with Gasteiger partial charge in [-0.1, -0.05) is 0 Å². The van der Waals surface area contributed by atoms with Crippen LogP contribution in [0.4, 0.5) is 5.69 Å². The Morgan fingerprint density at radius 1 is 1.18 bits per heavy atom. The topological polar surface area (TPSA) is 78.0 Å². The van der Waals surface area contributed by atoms with Gasteiger partial charge in [0, 0.05) is 29.1 Å². The van der Waals surface area contributed by atoms with Gasteiger partial charge in [-0.3, -0.25) is 9.59 Å². The van der Waals surface area contributed by atoms with Crippen molar-refractivity contribution in [2.24, 2.45) is 0 Å². The number of aromatic nitrogens is 2. The third-order valence-electron chi connectivity index (χ3n) is 4.34. The number of hydrogen-bond acceptors (Lipinski definition) is 4. The summed E-state index contributed by atoms with van der Waals surface area (Å²) < 4.78 is 1.97. The smallest absolute Gasteiger partial charge is 0.163 e. The van der Waals surface area contributed by atoms with Gasteiger partial charge in [0.05, 0.1) is 18.0 Å². The highest BCUT2D eigenvalue weighted by Gasteiger charge is 2.30. The lowest BCUT2D eigenvalue weighted by Crippen LogP contribution is -2.27. The van der Waals surface area contributed by atoms with E-state index in [0.29, 0.717) is 18.5 Å². The molecule has 1 saturated carbocycles. The molecule has 110 valence electrons. The normalized spacial score (nSPS) is 19.2. The van der Waals surface area contributed by atoms with Crippen LogP contribution in [-0.2, 0) is 9.59 Å². The van der Waals surface area contributed by atoms with E-state index in [1.54, 1.807) is 6.20 Å². The van der Waals surface area contributed by atoms with Gasteiger partial charge >= 0.3 is 0 Å². The number of nitrogen functional groups attached to an aromatic ring is 1. The molecule has 22 heavy (non-hydrogen) atoms. The molecule has 0 amide bonds. The molecule has 1 aromatic carbocycles. The lowest BCUT2D eigenvalue weighted by molar-refractivity contribution is -0.131. The summed E-state index contributed by atoms with van der Waals surface area (Å²) in [6, 6.07) is 9.21. The molecule has 0 spiro atoms. The number of nitrogens with two attached hydrogens (primary N) is 1. The maximum Gasteiger partial charge on any atom is 0.163 e. The Bertz CT molecular complexity index is 926. The number of benzene rings is 1. The molecule has 1 unspecified atom stereocenters. The van der Waals surface area contributed by atoms with Crippen LogP contribution in [0.25, 0.3) is 21.9 Å². The molecule has 0 bridgehead atoms. The van der Waals surface area contributed by atoms with E-state index in [9.17, 15) is 9.59 Å². The van der Waals surface area contributed by atoms with Crippen molar-refractivity contribution in [3.8, 4) is 0 Å². The zero-order valence-electron chi connectivity index (χ0n) is 12.0. The highest BCUT2D eigenvalue weighted by atomic mass is 16.2. The van der Waals surface area contributed by atoms with Gasteiger partial charge in [0.25, 0.3) is 0 Å². The molecule has 5 heteroatoms. The SMILES string of the molecule is Nc1ccc2c(c1)c1cccnc1n2C1CCC(=O)CC1=O. The Hall–Kier alpha value is -2.69. The second kappa shape index (κ2) is 4.66. The fraction of sp³-hybridized carbons (Fsp3) is 0.235. The van der Waals surface area contributed by atoms with Crippen LogP contribution in [0.5, 0.6) is 0 Å². The van der Waals surface area contributed by atoms with E-state index in [1.165, 1.54) is 0 Å². The average Bonchev–Trinajstić information content (AvgIpc) is 2.82. The molecule has 1 aliphatic rings. The molecule has 1 aliphatic carbocycles. The number of rotatable bonds is 1. The van der Waals surface area contributed by atoms with E-state index in [1.807, 2.05) is 34.9 Å². The quantitative estimate of drug-likeness (QED) is 0.552. The molecule has 4 rings (SSSR count). The highest BCUT2D eigenvalue weighted by molar-refractivity contribution is 6.10. The van der Waals surface area contributed by atoms with Gasteiger partial charge in [-0.15, -0.1) is 0 Å². The molecule has 1 atom stereocenters. The standard InChI is InChI=1S/C17H15N3O2/c18-10-3-5-14-13(8-10)12-2-1-7-19-17(12)20(14)15-6-4-11(21)9-16(15)22/h1-3,5,7-8,15H,4,6,9,18H2. The molecule has 2 N–H and O–H groups in total. The van der Waals surface area contributed by atoms with Crippen molar-refractivity contribution in [2.75, 3.05) is 5.73 Å². The van der Waals surface area contributed by atoms with Crippen LogP contribution in [0, 0.1) is 0 Å². The van der Waals surface area contributed by atoms with Gasteiger partial charge in [-0.2, -0.15) is 0 Å². The summed E-state index contributed by atoms with van der Waals surface area (Å²) in [7, 11) is 0. The Kier molecular flexibility index (Phi) is 2.76. The Morgan fingerprint density at radius 2 is 2.05 bits per heavy atom. The summed E-state index contributed by atoms with van der Waals surface area (Å²) in [5, 5.41) is 1.97. The maximum absolute atomic E-state index is 12.4. The number of nitrogens with zero attached hydrogens (tertiary/aromatic N) is 2. The van der Waals surface area contributed by atoms with E-state index >= 15 is 0 Å². The van der Waals surface area contributed by atoms with Crippen LogP contribution in [0.15, 0.2) is 36.5 Å². The van der Waals surface area contributed by atoms with Gasteiger partial charge in [0.1, 0.15) is 11.4 Å². The number of hydrogen-bond donors (Lipinski definition) is 1. The predicted molar refractivity (Wildman–Crippen MR) is 84.6 cm³/mol. The van der Waals surface area contributed by atoms with Gasteiger partial charge in [-0.05, 0) is 36.8 Å². The van der Waals surface area contributed by atoms with Gasteiger partial charge in [0.15, 0.2) is 5.78 Å². The minimum atomic E-state index is -0.323. The van der Waals surface area contributed by atoms with Crippen LogP contribution in [0.3, 0.4) is 0 Å². The zero-order chi connectivity index (χ0) is 15.3. The number of pyridine rings is 1. The zero-order valence-corrected chi connectivity index (χ0v) is 12.0. The fourth-order valence-corrected chi connectivity index (χ4v) is 3.34. The minimum Gasteiger partial charge on any atom is -0.399 e. The summed E-state index contributed by atoms with van der Waals surface area (Å²) in [4.78, 5) is 28.3. The van der Waals surface area contributed by atoms with E-state index < -0.39 is 0 Å². The predicted octanol–water partition coefficient (Wildman–Crippen LogP) is 2.63. The first kappa shape index (κ1) is 13.0. The van der Waals surface area contributed by atoms with E-state index in [2.05, 4.69) is 4.98 Å². The average molecular weight is 293 g/mol. The number of fused-ring (bicyclic) bond motifs is 3.